The molecule has 2 aromatic carbocycles. The third-order valence-corrected chi connectivity index (χ3v) is 6.98. The van der Waals surface area contributed by atoms with Crippen molar-refractivity contribution in [1.82, 2.24) is 14.2 Å². The summed E-state index contributed by atoms with van der Waals surface area (Å²) in [5.74, 6) is 0.780. The van der Waals surface area contributed by atoms with E-state index in [1.165, 1.54) is 21.5 Å². The smallest absolute Gasteiger partial charge is 0.282 e. The van der Waals surface area contributed by atoms with Crippen molar-refractivity contribution in [3.8, 4) is 5.69 Å². The van der Waals surface area contributed by atoms with Crippen LogP contribution in [-0.4, -0.2) is 20.4 Å². The van der Waals surface area contributed by atoms with Crippen LogP contribution in [0.1, 0.15) is 60.1 Å². The van der Waals surface area contributed by atoms with Crippen molar-refractivity contribution in [1.29, 1.82) is 0 Å². The van der Waals surface area contributed by atoms with Gasteiger partial charge < -0.3 is 4.57 Å². The van der Waals surface area contributed by atoms with Crippen LogP contribution in [0.15, 0.2) is 56.8 Å². The van der Waals surface area contributed by atoms with Gasteiger partial charge in [-0.25, -0.2) is 4.98 Å². The zero-order valence-corrected chi connectivity index (χ0v) is 21.6. The molecule has 5 nitrogen and oxygen atoms in total. The number of halogens is 1. The first-order valence-electron chi connectivity index (χ1n) is 11.2. The van der Waals surface area contributed by atoms with Gasteiger partial charge in [-0.05, 0) is 75.6 Å². The average molecular weight is 505 g/mol. The SMILES string of the molecule is CC[C@H](C)c1nc2ccc(Br)cc2c(=O)n1N=Cc1cc(C)n(-c2cccc(C)c2C)c1C. The first-order chi connectivity index (χ1) is 15.7. The van der Waals surface area contributed by atoms with Crippen LogP contribution < -0.4 is 5.56 Å². The summed E-state index contributed by atoms with van der Waals surface area (Å²) >= 11 is 3.46. The van der Waals surface area contributed by atoms with Crippen LogP contribution in [0.4, 0.5) is 0 Å². The van der Waals surface area contributed by atoms with Crippen molar-refractivity contribution < 1.29 is 0 Å². The summed E-state index contributed by atoms with van der Waals surface area (Å²) in [6.07, 6.45) is 2.65. The molecule has 0 saturated carbocycles. The molecule has 0 N–H and O–H groups in total. The predicted molar refractivity (Wildman–Crippen MR) is 140 cm³/mol. The van der Waals surface area contributed by atoms with Gasteiger partial charge in [-0.15, -0.1) is 0 Å². The first-order valence-corrected chi connectivity index (χ1v) is 12.0. The summed E-state index contributed by atoms with van der Waals surface area (Å²) in [5.41, 5.74) is 7.39. The number of aromatic nitrogens is 3. The zero-order chi connectivity index (χ0) is 23.9. The van der Waals surface area contributed by atoms with Crippen LogP contribution in [0.25, 0.3) is 16.6 Å². The van der Waals surface area contributed by atoms with Crippen LogP contribution in [0.3, 0.4) is 0 Å². The molecular weight excluding hydrogens is 476 g/mol. The first kappa shape index (κ1) is 23.2. The molecule has 0 saturated heterocycles. The molecule has 1 atom stereocenters. The third kappa shape index (κ3) is 4.20. The van der Waals surface area contributed by atoms with E-state index in [2.05, 4.69) is 91.4 Å². The van der Waals surface area contributed by atoms with Crippen LogP contribution >= 0.6 is 15.9 Å². The number of fused-ring (bicyclic) bond motifs is 1. The molecule has 4 aromatic rings. The van der Waals surface area contributed by atoms with E-state index < -0.39 is 0 Å². The molecule has 0 spiro atoms. The van der Waals surface area contributed by atoms with E-state index in [0.717, 1.165) is 27.8 Å². The normalized spacial score (nSPS) is 12.7. The van der Waals surface area contributed by atoms with Crippen molar-refractivity contribution in [3.05, 3.63) is 91.2 Å². The molecule has 0 radical (unpaired) electrons. The van der Waals surface area contributed by atoms with Gasteiger partial charge in [0, 0.05) is 33.0 Å². The van der Waals surface area contributed by atoms with Crippen LogP contribution in [0, 0.1) is 27.7 Å². The maximum absolute atomic E-state index is 13.4. The molecule has 0 aliphatic carbocycles. The molecule has 0 fully saturated rings. The monoisotopic (exact) mass is 504 g/mol. The van der Waals surface area contributed by atoms with Gasteiger partial charge in [0.1, 0.15) is 5.82 Å². The molecule has 2 heterocycles. The second kappa shape index (κ2) is 9.10. The lowest BCUT2D eigenvalue weighted by Crippen LogP contribution is -2.23. The topological polar surface area (TPSA) is 52.2 Å². The lowest BCUT2D eigenvalue weighted by Gasteiger charge is -2.15. The van der Waals surface area contributed by atoms with Gasteiger partial charge in [0.2, 0.25) is 0 Å². The molecule has 33 heavy (non-hydrogen) atoms. The molecule has 170 valence electrons. The number of aryl methyl sites for hydroxylation is 2. The number of hydrogen-bond acceptors (Lipinski definition) is 3. The van der Waals surface area contributed by atoms with Crippen molar-refractivity contribution in [2.45, 2.75) is 53.9 Å². The second-order valence-electron chi connectivity index (χ2n) is 8.68. The number of nitrogens with zero attached hydrogens (tertiary/aromatic N) is 4. The predicted octanol–water partition coefficient (Wildman–Crippen LogP) is 6.58. The summed E-state index contributed by atoms with van der Waals surface area (Å²) in [5, 5.41) is 5.21. The van der Waals surface area contributed by atoms with Crippen molar-refractivity contribution >= 4 is 33.0 Å². The van der Waals surface area contributed by atoms with Gasteiger partial charge in [0.15, 0.2) is 0 Å². The molecule has 2 aromatic heterocycles. The Labute approximate surface area is 202 Å². The van der Waals surface area contributed by atoms with E-state index in [4.69, 9.17) is 4.98 Å². The highest BCUT2D eigenvalue weighted by Gasteiger charge is 2.16. The van der Waals surface area contributed by atoms with Crippen molar-refractivity contribution in [3.63, 3.8) is 0 Å². The van der Waals surface area contributed by atoms with Gasteiger partial charge in [-0.2, -0.15) is 9.78 Å². The van der Waals surface area contributed by atoms with Crippen LogP contribution in [0.2, 0.25) is 0 Å². The number of hydrogen-bond donors (Lipinski definition) is 0. The van der Waals surface area contributed by atoms with Crippen molar-refractivity contribution in [2.75, 3.05) is 0 Å². The van der Waals surface area contributed by atoms with Crippen molar-refractivity contribution in [2.24, 2.45) is 5.10 Å². The molecule has 0 bridgehead atoms. The Morgan fingerprint density at radius 1 is 1.12 bits per heavy atom. The molecule has 0 aliphatic heterocycles. The fraction of sp³-hybridized carbons (Fsp3) is 0.296. The average Bonchev–Trinajstić information content (AvgIpc) is 3.07. The summed E-state index contributed by atoms with van der Waals surface area (Å²) in [4.78, 5) is 18.2. The van der Waals surface area contributed by atoms with Gasteiger partial charge >= 0.3 is 0 Å². The summed E-state index contributed by atoms with van der Waals surface area (Å²) < 4.78 is 4.56. The Kier molecular flexibility index (Phi) is 6.39. The Bertz CT molecular complexity index is 1450. The lowest BCUT2D eigenvalue weighted by molar-refractivity contribution is 0.613. The second-order valence-corrected chi connectivity index (χ2v) is 9.60. The minimum Gasteiger partial charge on any atom is -0.318 e. The van der Waals surface area contributed by atoms with Gasteiger partial charge in [-0.3, -0.25) is 4.79 Å². The highest BCUT2D eigenvalue weighted by Crippen LogP contribution is 2.25. The van der Waals surface area contributed by atoms with Crippen LogP contribution in [-0.2, 0) is 0 Å². The van der Waals surface area contributed by atoms with E-state index in [0.29, 0.717) is 16.7 Å². The number of benzene rings is 2. The Morgan fingerprint density at radius 3 is 2.61 bits per heavy atom. The van der Waals surface area contributed by atoms with E-state index in [1.54, 1.807) is 6.21 Å². The molecule has 4 rings (SSSR count). The summed E-state index contributed by atoms with van der Waals surface area (Å²) in [7, 11) is 0. The zero-order valence-electron chi connectivity index (χ0n) is 20.0. The Balaban J connectivity index is 1.86. The highest BCUT2D eigenvalue weighted by molar-refractivity contribution is 9.10. The van der Waals surface area contributed by atoms with E-state index in [9.17, 15) is 4.79 Å². The van der Waals surface area contributed by atoms with E-state index in [-0.39, 0.29) is 11.5 Å². The molecule has 0 aliphatic rings. The van der Waals surface area contributed by atoms with Gasteiger partial charge in [0.05, 0.1) is 17.1 Å². The summed E-state index contributed by atoms with van der Waals surface area (Å²) in [6, 6.07) is 14.1. The highest BCUT2D eigenvalue weighted by atomic mass is 79.9. The maximum atomic E-state index is 13.4. The van der Waals surface area contributed by atoms with Gasteiger partial charge in [0.25, 0.3) is 5.56 Å². The standard InChI is InChI=1S/C27H29BrN4O/c1-7-16(2)26-30-24-12-11-22(28)14-23(24)27(33)32(26)29-15-21-13-18(4)31(20(21)6)25-10-8-9-17(3)19(25)5/h8-16H,7H2,1-6H3/t16-/m0/s1. The quantitative estimate of drug-likeness (QED) is 0.288. The third-order valence-electron chi connectivity index (χ3n) is 6.49. The van der Waals surface area contributed by atoms with Crippen LogP contribution in [0.5, 0.6) is 0 Å². The summed E-state index contributed by atoms with van der Waals surface area (Å²) in [6.45, 7) is 12.6. The molecule has 0 amide bonds. The minimum atomic E-state index is -0.156. The Hall–Kier alpha value is -2.99. The fourth-order valence-electron chi connectivity index (χ4n) is 4.17. The minimum absolute atomic E-state index is 0.102. The largest absolute Gasteiger partial charge is 0.318 e. The van der Waals surface area contributed by atoms with E-state index in [1.807, 2.05) is 18.2 Å². The fourth-order valence-corrected chi connectivity index (χ4v) is 4.53. The van der Waals surface area contributed by atoms with E-state index >= 15 is 0 Å². The molecule has 6 heteroatoms. The number of rotatable bonds is 5. The molecular formula is C27H29BrN4O. The maximum Gasteiger partial charge on any atom is 0.282 e. The molecule has 0 unspecified atom stereocenters. The Morgan fingerprint density at radius 2 is 1.88 bits per heavy atom. The lowest BCUT2D eigenvalue weighted by atomic mass is 10.1. The van der Waals surface area contributed by atoms with Gasteiger partial charge in [-0.1, -0.05) is 41.9 Å².